The summed E-state index contributed by atoms with van der Waals surface area (Å²) in [5, 5.41) is 315. The molecule has 12 heterocycles. The first-order valence-electron chi connectivity index (χ1n) is 47.0. The van der Waals surface area contributed by atoms with Crippen molar-refractivity contribution in [3.05, 3.63) is 124 Å². The minimum Gasteiger partial charge on any atom is -0.465 e. The zero-order valence-electron chi connectivity index (χ0n) is 79.0. The van der Waals surface area contributed by atoms with Crippen LogP contribution in [-0.4, -0.2) is 526 Å². The SMILES string of the molecule is COC(=O)c1cc(C#CCNC(=O)c2cc(/C=C3/CN=C(N[C@@H]4O[C@H](CO)[C@@H](O[C@@H]5O[C@H](CO)[C@H](O)[C@H](O)[C@H]5O)[C@H](O)[C@H]4O)S3)cc(/C=C3/CN=C(N[C@@H]4O[C@H](CO)[C@@H](O[C@@H]5O[C@H](CO)[C@H](O)[C@H](O)[C@H]5O)[C@H](O)[C@H]4O)S3)c2)cc(C#CCNC(=O)c2cc(/C=C3/CN=C(N[C@@H]4O[C@H](CO)[C@@H](O[C@@H]5O[C@H](CO)[C@H](O)[C@H](O)[C@H]5O)[C@H](O)[C@H]4O)S3)cc(/C=C3/CN=C(N[C@@H]4O[C@H](CO)[C@@H](O[C@@H]5O[C@H](CO)[C@H](O)[C@H](O)[C@H]5O)[C@H](O)[C@H]4O)S3)c2)c1. The summed E-state index contributed by atoms with van der Waals surface area (Å²) in [6.45, 7) is -7.05. The molecule has 3 aromatic carbocycles. The molecule has 34 N–H and O–H groups in total. The number of thioether (sulfide) groups is 4. The van der Waals surface area contributed by atoms with Crippen LogP contribution in [0.3, 0.4) is 0 Å². The number of hydrogen-bond acceptors (Lipinski definition) is 56. The first-order chi connectivity index (χ1) is 71.8. The number of rotatable bonds is 29. The minimum atomic E-state index is -1.91. The highest BCUT2D eigenvalue weighted by Crippen LogP contribution is 2.40. The molecule has 0 radical (unpaired) electrons. The van der Waals surface area contributed by atoms with E-state index in [4.69, 9.17) is 61.6 Å². The number of carbonyl (C=O) groups is 3. The lowest BCUT2D eigenvalue weighted by atomic mass is 9.96. The van der Waals surface area contributed by atoms with Gasteiger partial charge in [0, 0.05) is 41.9 Å². The van der Waals surface area contributed by atoms with Crippen molar-refractivity contribution in [2.24, 2.45) is 20.0 Å². The minimum absolute atomic E-state index is 0.0117. The molecule has 15 rings (SSSR count). The fourth-order valence-corrected chi connectivity index (χ4v) is 21.2. The molecule has 0 spiro atoms. The number of benzene rings is 3. The van der Waals surface area contributed by atoms with E-state index in [1.807, 2.05) is 0 Å². The monoisotopic (exact) mass is 2190 g/mol. The molecule has 8 saturated heterocycles. The molecule has 40 atom stereocenters. The van der Waals surface area contributed by atoms with Crippen LogP contribution in [0.1, 0.15) is 64.5 Å². The number of amidine groups is 4. The molecule has 0 aromatic heterocycles. The number of ether oxygens (including phenoxy) is 13. The lowest BCUT2D eigenvalue weighted by molar-refractivity contribution is -0.342. The van der Waals surface area contributed by atoms with E-state index < -0.39 is 316 Å². The van der Waals surface area contributed by atoms with Crippen LogP contribution in [0.2, 0.25) is 0 Å². The van der Waals surface area contributed by atoms with Crippen molar-refractivity contribution in [3.8, 4) is 23.7 Å². The third-order valence-corrected chi connectivity index (χ3v) is 29.6. The second-order valence-corrected chi connectivity index (χ2v) is 40.6. The zero-order chi connectivity index (χ0) is 108. The van der Waals surface area contributed by atoms with Crippen LogP contribution in [0.4, 0.5) is 0 Å². The van der Waals surface area contributed by atoms with Crippen molar-refractivity contribution in [3.63, 3.8) is 0 Å². The van der Waals surface area contributed by atoms with E-state index >= 15 is 0 Å². The van der Waals surface area contributed by atoms with Crippen LogP contribution in [0.25, 0.3) is 24.3 Å². The van der Waals surface area contributed by atoms with Crippen LogP contribution in [0, 0.1) is 23.7 Å². The van der Waals surface area contributed by atoms with Gasteiger partial charge in [-0.3, -0.25) is 29.6 Å². The van der Waals surface area contributed by atoms with Gasteiger partial charge >= 0.3 is 5.97 Å². The second-order valence-electron chi connectivity index (χ2n) is 36.2. The molecule has 0 bridgehead atoms. The van der Waals surface area contributed by atoms with Crippen LogP contribution < -0.4 is 31.9 Å². The van der Waals surface area contributed by atoms with Crippen LogP contribution >= 0.6 is 47.0 Å². The molecule has 12 aliphatic heterocycles. The number of nitrogens with one attached hydrogen (secondary N) is 6. The van der Waals surface area contributed by atoms with Gasteiger partial charge in [-0.25, -0.2) is 4.79 Å². The third-order valence-electron chi connectivity index (χ3n) is 25.8. The topological polar surface area (TPSA) is 859 Å². The Morgan fingerprint density at radius 1 is 0.307 bits per heavy atom. The summed E-state index contributed by atoms with van der Waals surface area (Å²) in [7, 11) is 1.15. The Bertz CT molecular complexity index is 5010. The van der Waals surface area contributed by atoms with Crippen molar-refractivity contribution in [1.82, 2.24) is 31.9 Å². The maximum atomic E-state index is 14.5. The Labute approximate surface area is 868 Å². The van der Waals surface area contributed by atoms with Gasteiger partial charge in [0.2, 0.25) is 0 Å². The van der Waals surface area contributed by atoms with Gasteiger partial charge in [-0.15, -0.1) is 0 Å². The van der Waals surface area contributed by atoms with Gasteiger partial charge in [-0.05, 0) is 101 Å². The highest BCUT2D eigenvalue weighted by atomic mass is 32.2. The molecule has 0 saturated carbocycles. The van der Waals surface area contributed by atoms with E-state index in [-0.39, 0.29) is 87.8 Å². The fourth-order valence-electron chi connectivity index (χ4n) is 17.7. The number of methoxy groups -OCH3 is 1. The normalized spacial score (nSPS) is 39.2. The number of aliphatic imine (C=N–C) groups is 4. The predicted molar refractivity (Wildman–Crippen MR) is 519 cm³/mol. The lowest BCUT2D eigenvalue weighted by Gasteiger charge is -2.46. The maximum absolute atomic E-state index is 14.5. The van der Waals surface area contributed by atoms with Gasteiger partial charge in [0.25, 0.3) is 11.8 Å². The van der Waals surface area contributed by atoms with Crippen molar-refractivity contribution in [2.75, 3.05) is 99.2 Å². The van der Waals surface area contributed by atoms with E-state index in [1.54, 1.807) is 60.7 Å². The number of hydrogen-bond donors (Lipinski definition) is 34. The summed E-state index contributed by atoms with van der Waals surface area (Å²) < 4.78 is 73.3. The second kappa shape index (κ2) is 52.1. The number of aliphatic hydroxyl groups excluding tert-OH is 28. The summed E-state index contributed by atoms with van der Waals surface area (Å²) >= 11 is 4.26. The highest BCUT2D eigenvalue weighted by Gasteiger charge is 2.57. The van der Waals surface area contributed by atoms with E-state index in [1.165, 1.54) is 18.2 Å². The lowest BCUT2D eigenvalue weighted by Crippen LogP contribution is -2.66. The quantitative estimate of drug-likeness (QED) is 0.0227. The van der Waals surface area contributed by atoms with Gasteiger partial charge in [0.1, 0.15) is 195 Å². The van der Waals surface area contributed by atoms with Crippen molar-refractivity contribution < 1.29 is 219 Å². The van der Waals surface area contributed by atoms with E-state index in [0.29, 0.717) is 41.9 Å². The fraction of sp³-hybridized carbons (Fsp3) is 0.598. The summed E-state index contributed by atoms with van der Waals surface area (Å²) in [4.78, 5) is 62.5. The van der Waals surface area contributed by atoms with Crippen molar-refractivity contribution in [1.29, 1.82) is 0 Å². The van der Waals surface area contributed by atoms with Crippen molar-refractivity contribution >= 4 is 110 Å². The molecular weight excluding hydrogens is 2080 g/mol. The largest absolute Gasteiger partial charge is 0.465 e. The molecule has 150 heavy (non-hydrogen) atoms. The Morgan fingerprint density at radius 2 is 0.547 bits per heavy atom. The van der Waals surface area contributed by atoms with Gasteiger partial charge in [0.15, 0.2) is 70.7 Å². The Kier molecular flexibility index (Phi) is 40.3. The van der Waals surface area contributed by atoms with E-state index in [0.717, 1.165) is 54.2 Å². The van der Waals surface area contributed by atoms with E-state index in [2.05, 4.69) is 75.6 Å². The average molecular weight is 2200 g/mol. The average Bonchev–Trinajstić information content (AvgIpc) is 0.984. The Morgan fingerprint density at radius 3 is 0.773 bits per heavy atom. The Balaban J connectivity index is 0.626. The van der Waals surface area contributed by atoms with E-state index in [9.17, 15) is 157 Å². The number of nitrogens with zero attached hydrogens (tertiary/aromatic N) is 4. The molecule has 54 nitrogen and oxygen atoms in total. The smallest absolute Gasteiger partial charge is 0.337 e. The van der Waals surface area contributed by atoms with Crippen molar-refractivity contribution in [2.45, 2.75) is 245 Å². The predicted octanol–water partition coefficient (Wildman–Crippen LogP) is -14.3. The number of aliphatic hydroxyl groups is 28. The molecule has 824 valence electrons. The first kappa shape index (κ1) is 116. The number of carbonyl (C=O) groups excluding carboxylic acids is 3. The standard InChI is InChI=1S/C92H118N10O44S4/c1-134-84(133)41-11-33(4-2-6-93-78(131)39-13-35(17-42-21-95-89(147-42)99-80-66(123)62(119)74(50(29-107)135-80)143-85-70(127)58(115)54(111)46(25-103)139-85)9-36(14-39)18-43-22-96-90(148-43)100-81-67(124)63(120)75(51(30-108)136-81)144-86-71(128)59(116)55(112)47(26-104)140-86)8-34(12-41)5-3-7-94-79(132)40-15-37(19-44-23-97-91(149-44)101-82-68(125)64(121)76(52(31-109)137-82)145-87-72(129)60(117)56(113)48(27-105)141-87)10-38(16-40)20-45-24-98-92(150-45)102-83-69(126)65(122)77(53(32-110)138-83)146-88-73(130)61(118)57(114)49(28-106)142-88/h8-20,46-77,80-83,85-88,103-130H,6-7,21-32H2,1H3,(H,93,131)(H,94,132)(H,95,99)(H,96,100)(H,97,101)(H,98,102)/b42-17-,43-18-,44-19-,45-20-/t46-,47-,48-,49-,50-,51-,52-,53-,54+,55+,56+,57+,58+,59+,60+,61+,62-,63-,64-,65-,66-,67-,68-,69-,70-,71-,72-,73-,74-,75-,76-,77-,80-,81-,82-,83-,85+,86+,87+,88+/m1/s1. The van der Waals surface area contributed by atoms with Crippen LogP contribution in [-0.2, 0) is 61.6 Å². The van der Waals surface area contributed by atoms with Gasteiger partial charge in [0.05, 0.1) is 105 Å². The molecule has 8 fully saturated rings. The van der Waals surface area contributed by atoms with Gasteiger partial charge < -0.3 is 236 Å². The molecular formula is C92H118N10O44S4. The highest BCUT2D eigenvalue weighted by molar-refractivity contribution is 8.18. The number of amides is 2. The summed E-state index contributed by atoms with van der Waals surface area (Å²) in [6.07, 6.45) is -60.5. The molecule has 58 heteroatoms. The van der Waals surface area contributed by atoms with Gasteiger partial charge in [-0.2, -0.15) is 0 Å². The molecule has 0 unspecified atom stereocenters. The zero-order valence-corrected chi connectivity index (χ0v) is 82.2. The molecule has 0 aliphatic carbocycles. The number of esters is 1. The van der Waals surface area contributed by atoms with Gasteiger partial charge in [-0.1, -0.05) is 70.7 Å². The molecule has 3 aromatic rings. The maximum Gasteiger partial charge on any atom is 0.337 e. The molecule has 2 amide bonds. The molecule has 12 aliphatic rings. The summed E-state index contributed by atoms with van der Waals surface area (Å²) in [5.41, 5.74) is 2.34. The Hall–Kier alpha value is -8.17. The summed E-state index contributed by atoms with van der Waals surface area (Å²) in [5.74, 6) is 9.56. The third kappa shape index (κ3) is 27.0. The summed E-state index contributed by atoms with van der Waals surface area (Å²) in [6, 6.07) is 14.0. The van der Waals surface area contributed by atoms with Crippen LogP contribution in [0.15, 0.2) is 94.2 Å². The first-order valence-corrected chi connectivity index (χ1v) is 50.3. The van der Waals surface area contributed by atoms with Crippen LogP contribution in [0.5, 0.6) is 0 Å².